The van der Waals surface area contributed by atoms with Crippen molar-refractivity contribution < 1.29 is 4.79 Å². The smallest absolute Gasteiger partial charge is 0.142 e. The number of allylic oxidation sites excluding steroid dienone is 1. The Morgan fingerprint density at radius 3 is 2.93 bits per heavy atom. The van der Waals surface area contributed by atoms with E-state index in [1.165, 1.54) is 47.5 Å². The highest BCUT2D eigenvalue weighted by Crippen LogP contribution is 2.30. The van der Waals surface area contributed by atoms with Gasteiger partial charge in [0.2, 0.25) is 0 Å². The van der Waals surface area contributed by atoms with Gasteiger partial charge in [-0.05, 0) is 73.7 Å². The largest absolute Gasteiger partial charge is 0.361 e. The predicted octanol–water partition coefficient (Wildman–Crippen LogP) is 4.16. The second-order valence-corrected chi connectivity index (χ2v) is 6.96. The average Bonchev–Trinajstić information content (AvgIpc) is 3.17. The topological polar surface area (TPSA) is 70.9 Å². The molecule has 1 atom stereocenters. The van der Waals surface area contributed by atoms with Crippen LogP contribution in [0.3, 0.4) is 0 Å². The molecule has 1 aromatic heterocycles. The van der Waals surface area contributed by atoms with Gasteiger partial charge in [-0.1, -0.05) is 42.5 Å². The minimum absolute atomic E-state index is 0.424. The van der Waals surface area contributed by atoms with Gasteiger partial charge in [0.05, 0.1) is 0 Å². The number of rotatable bonds is 6. The van der Waals surface area contributed by atoms with Crippen LogP contribution in [-0.4, -0.2) is 24.9 Å². The van der Waals surface area contributed by atoms with E-state index in [4.69, 9.17) is 0 Å². The Labute approximate surface area is 166 Å². The van der Waals surface area contributed by atoms with E-state index in [2.05, 4.69) is 64.7 Å². The fourth-order valence-corrected chi connectivity index (χ4v) is 4.02. The third kappa shape index (κ3) is 4.58. The van der Waals surface area contributed by atoms with Gasteiger partial charge in [0.15, 0.2) is 0 Å². The minimum atomic E-state index is 0.424. The number of carbonyl (C=O) groups is 1. The third-order valence-corrected chi connectivity index (χ3v) is 5.31. The molecule has 4 nitrogen and oxygen atoms in total. The van der Waals surface area contributed by atoms with Crippen LogP contribution < -0.4 is 11.1 Å². The molecule has 0 radical (unpaired) electrons. The van der Waals surface area contributed by atoms with Crippen LogP contribution in [0.15, 0.2) is 54.7 Å². The molecule has 0 saturated carbocycles. The quantitative estimate of drug-likeness (QED) is 0.447. The molecule has 4 rings (SSSR count). The maximum atomic E-state index is 10.5. The molecular formula is C24H29N3O. The summed E-state index contributed by atoms with van der Waals surface area (Å²) in [4.78, 5) is 13.9. The lowest BCUT2D eigenvalue weighted by Crippen LogP contribution is -2.27. The summed E-state index contributed by atoms with van der Waals surface area (Å²) in [5.74, 6) is 0. The highest BCUT2D eigenvalue weighted by Gasteiger charge is 2.19. The number of aromatic amines is 1. The van der Waals surface area contributed by atoms with Crippen molar-refractivity contribution in [2.75, 3.05) is 13.6 Å². The number of aromatic nitrogens is 1. The van der Waals surface area contributed by atoms with Crippen LogP contribution in [0, 0.1) is 0 Å². The zero-order chi connectivity index (χ0) is 19.8. The first-order valence-corrected chi connectivity index (χ1v) is 9.96. The van der Waals surface area contributed by atoms with E-state index in [1.54, 1.807) is 6.08 Å². The zero-order valence-corrected chi connectivity index (χ0v) is 16.4. The molecule has 1 unspecified atom stereocenters. The first-order chi connectivity index (χ1) is 13.8. The van der Waals surface area contributed by atoms with Crippen molar-refractivity contribution in [2.24, 2.45) is 5.73 Å². The van der Waals surface area contributed by atoms with Crippen molar-refractivity contribution in [3.8, 4) is 0 Å². The van der Waals surface area contributed by atoms with Crippen LogP contribution in [0.5, 0.6) is 0 Å². The van der Waals surface area contributed by atoms with E-state index in [9.17, 15) is 4.79 Å². The van der Waals surface area contributed by atoms with Gasteiger partial charge in [0, 0.05) is 23.1 Å². The molecule has 2 aromatic carbocycles. The van der Waals surface area contributed by atoms with Crippen LogP contribution >= 0.6 is 0 Å². The van der Waals surface area contributed by atoms with Crippen molar-refractivity contribution in [3.63, 3.8) is 0 Å². The monoisotopic (exact) mass is 375 g/mol. The summed E-state index contributed by atoms with van der Waals surface area (Å²) in [5.41, 5.74) is 11.0. The van der Waals surface area contributed by atoms with E-state index in [1.807, 2.05) is 6.08 Å². The van der Waals surface area contributed by atoms with Gasteiger partial charge in [-0.3, -0.25) is 4.79 Å². The van der Waals surface area contributed by atoms with E-state index in [-0.39, 0.29) is 0 Å². The van der Waals surface area contributed by atoms with Crippen molar-refractivity contribution in [1.29, 1.82) is 0 Å². The van der Waals surface area contributed by atoms with Crippen molar-refractivity contribution >= 4 is 23.3 Å². The molecule has 0 amide bonds. The number of nitrogens with two attached hydrogens (primary N) is 1. The van der Waals surface area contributed by atoms with Crippen LogP contribution in [0.2, 0.25) is 0 Å². The molecule has 146 valence electrons. The second-order valence-electron chi connectivity index (χ2n) is 6.96. The Morgan fingerprint density at radius 2 is 2.07 bits per heavy atom. The summed E-state index contributed by atoms with van der Waals surface area (Å²) < 4.78 is 0. The number of aryl methyl sites for hydroxylation is 1. The molecule has 4 N–H and O–H groups in total. The summed E-state index contributed by atoms with van der Waals surface area (Å²) in [7, 11) is 1.50. The van der Waals surface area contributed by atoms with Crippen LogP contribution in [-0.2, 0) is 17.6 Å². The SMILES string of the molecule is CN.O=C/C=C/c1ccc2c(c1)CCCC2NCCc1c[nH]c2ccccc12. The molecular weight excluding hydrogens is 346 g/mol. The Morgan fingerprint density at radius 1 is 1.21 bits per heavy atom. The lowest BCUT2D eigenvalue weighted by molar-refractivity contribution is -0.104. The molecule has 1 heterocycles. The van der Waals surface area contributed by atoms with Crippen LogP contribution in [0.1, 0.15) is 41.1 Å². The zero-order valence-electron chi connectivity index (χ0n) is 16.4. The van der Waals surface area contributed by atoms with Gasteiger partial charge in [-0.15, -0.1) is 0 Å². The maximum Gasteiger partial charge on any atom is 0.142 e. The van der Waals surface area contributed by atoms with Gasteiger partial charge in [-0.25, -0.2) is 0 Å². The molecule has 3 aromatic rings. The third-order valence-electron chi connectivity index (χ3n) is 5.31. The van der Waals surface area contributed by atoms with E-state index in [0.29, 0.717) is 6.04 Å². The highest BCUT2D eigenvalue weighted by atomic mass is 16.1. The molecule has 0 saturated heterocycles. The molecule has 0 fully saturated rings. The Bertz CT molecular complexity index is 942. The van der Waals surface area contributed by atoms with E-state index < -0.39 is 0 Å². The number of benzene rings is 2. The maximum absolute atomic E-state index is 10.5. The van der Waals surface area contributed by atoms with Crippen LogP contribution in [0.25, 0.3) is 17.0 Å². The summed E-state index contributed by atoms with van der Waals surface area (Å²) in [6.07, 6.45) is 10.9. The lowest BCUT2D eigenvalue weighted by Gasteiger charge is -2.27. The number of fused-ring (bicyclic) bond motifs is 2. The van der Waals surface area contributed by atoms with Crippen molar-refractivity contribution in [3.05, 3.63) is 77.0 Å². The lowest BCUT2D eigenvalue weighted by atomic mass is 9.86. The first kappa shape index (κ1) is 20.1. The molecule has 4 heteroatoms. The highest BCUT2D eigenvalue weighted by molar-refractivity contribution is 5.83. The Balaban J connectivity index is 0.00000109. The molecule has 0 bridgehead atoms. The number of carbonyl (C=O) groups excluding carboxylic acids is 1. The summed E-state index contributed by atoms with van der Waals surface area (Å²) in [5, 5.41) is 5.08. The number of aldehydes is 1. The molecule has 1 aliphatic carbocycles. The predicted molar refractivity (Wildman–Crippen MR) is 117 cm³/mol. The number of hydrogen-bond donors (Lipinski definition) is 3. The molecule has 28 heavy (non-hydrogen) atoms. The van der Waals surface area contributed by atoms with Crippen molar-refractivity contribution in [1.82, 2.24) is 10.3 Å². The van der Waals surface area contributed by atoms with E-state index in [0.717, 1.165) is 31.2 Å². The van der Waals surface area contributed by atoms with Gasteiger partial charge in [0.1, 0.15) is 6.29 Å². The second kappa shape index (κ2) is 10.0. The average molecular weight is 376 g/mol. The normalized spacial score (nSPS) is 15.9. The minimum Gasteiger partial charge on any atom is -0.361 e. The fourth-order valence-electron chi connectivity index (χ4n) is 4.02. The van der Waals surface area contributed by atoms with Gasteiger partial charge >= 0.3 is 0 Å². The summed E-state index contributed by atoms with van der Waals surface area (Å²) in [6, 6.07) is 15.5. The number of H-pyrrole nitrogens is 1. The molecule has 0 aliphatic heterocycles. The summed E-state index contributed by atoms with van der Waals surface area (Å²) in [6.45, 7) is 0.971. The molecule has 1 aliphatic rings. The summed E-state index contributed by atoms with van der Waals surface area (Å²) >= 11 is 0. The van der Waals surface area contributed by atoms with E-state index >= 15 is 0 Å². The number of para-hydroxylation sites is 1. The fraction of sp³-hybridized carbons (Fsp3) is 0.292. The van der Waals surface area contributed by atoms with Gasteiger partial charge in [-0.2, -0.15) is 0 Å². The first-order valence-electron chi connectivity index (χ1n) is 9.96. The Hall–Kier alpha value is -2.69. The van der Waals surface area contributed by atoms with Crippen molar-refractivity contribution in [2.45, 2.75) is 31.7 Å². The molecule has 0 spiro atoms. The van der Waals surface area contributed by atoms with Gasteiger partial charge in [0.25, 0.3) is 0 Å². The number of hydrogen-bond acceptors (Lipinski definition) is 3. The standard InChI is InChI=1S/C23H24N2O.CH5N/c26-14-4-5-17-10-11-21-18(15-17)6-3-9-22(21)24-13-12-19-16-25-23-8-2-1-7-20(19)23;1-2/h1-2,4-5,7-8,10-11,14-16,22,24-25H,3,6,9,12-13H2;2H2,1H3/b5-4+;. The number of nitrogens with one attached hydrogen (secondary N) is 2. The Kier molecular flexibility index (Phi) is 7.18. The van der Waals surface area contributed by atoms with Crippen LogP contribution in [0.4, 0.5) is 0 Å². The van der Waals surface area contributed by atoms with Gasteiger partial charge < -0.3 is 16.0 Å².